The molecule has 1 amide bonds. The number of aromatic nitrogens is 4. The Balaban J connectivity index is 1.28. The number of nitrogens with zero attached hydrogens (tertiary/aromatic N) is 5. The molecular formula is C17H22N8O2. The molecule has 0 bridgehead atoms. The summed E-state index contributed by atoms with van der Waals surface area (Å²) < 4.78 is 6.05. The van der Waals surface area contributed by atoms with Gasteiger partial charge in [0.25, 0.3) is 0 Å². The third kappa shape index (κ3) is 3.55. The Bertz CT molecular complexity index is 846. The van der Waals surface area contributed by atoms with E-state index in [-0.39, 0.29) is 11.9 Å². The predicted octanol–water partition coefficient (Wildman–Crippen LogP) is 0.229. The fourth-order valence-corrected chi connectivity index (χ4v) is 3.58. The van der Waals surface area contributed by atoms with Gasteiger partial charge in [0, 0.05) is 44.7 Å². The molecule has 0 radical (unpaired) electrons. The average Bonchev–Trinajstić information content (AvgIpc) is 3.23. The number of nitrogens with two attached hydrogens (primary N) is 2. The molecule has 1 saturated heterocycles. The first-order valence-corrected chi connectivity index (χ1v) is 8.94. The first kappa shape index (κ1) is 17.3. The van der Waals surface area contributed by atoms with Gasteiger partial charge >= 0.3 is 0 Å². The van der Waals surface area contributed by atoms with Gasteiger partial charge in [0.1, 0.15) is 11.4 Å². The molecule has 10 nitrogen and oxygen atoms in total. The molecule has 1 unspecified atom stereocenters. The summed E-state index contributed by atoms with van der Waals surface area (Å²) in [4.78, 5) is 30.7. The molecule has 1 fully saturated rings. The molecule has 4 rings (SSSR count). The van der Waals surface area contributed by atoms with E-state index < -0.39 is 5.60 Å². The quantitative estimate of drug-likeness (QED) is 0.629. The molecule has 0 aromatic carbocycles. The van der Waals surface area contributed by atoms with Crippen LogP contribution >= 0.6 is 0 Å². The molecule has 0 saturated carbocycles. The summed E-state index contributed by atoms with van der Waals surface area (Å²) in [5, 5.41) is 3.10. The predicted molar refractivity (Wildman–Crippen MR) is 98.9 cm³/mol. The molecule has 2 aromatic rings. The van der Waals surface area contributed by atoms with Crippen LogP contribution in [0.5, 0.6) is 5.88 Å². The van der Waals surface area contributed by atoms with Gasteiger partial charge in [-0.15, -0.1) is 0 Å². The fourth-order valence-electron chi connectivity index (χ4n) is 3.58. The Morgan fingerprint density at radius 3 is 2.93 bits per heavy atom. The number of carbonyl (C=O) groups is 1. The standard InChI is InChI=1S/C17H22N8O2/c18-13-11-9-17(27-14(11)24-15(19)23-13)4-8-25(10-17)12(26)3-1-5-20-16-21-6-2-7-22-16/h2,6-7H,1,3-5,8-10H2,(H,20,21,22)(H4,18,19,23,24). The van der Waals surface area contributed by atoms with Gasteiger partial charge in [0.2, 0.25) is 23.7 Å². The Morgan fingerprint density at radius 1 is 1.30 bits per heavy atom. The highest BCUT2D eigenvalue weighted by molar-refractivity contribution is 5.76. The summed E-state index contributed by atoms with van der Waals surface area (Å²) in [6.07, 6.45) is 5.85. The minimum Gasteiger partial charge on any atom is -0.468 e. The molecule has 27 heavy (non-hydrogen) atoms. The first-order chi connectivity index (χ1) is 13.0. The van der Waals surface area contributed by atoms with Gasteiger partial charge in [-0.2, -0.15) is 9.97 Å². The topological polar surface area (TPSA) is 145 Å². The molecular weight excluding hydrogens is 348 g/mol. The number of hydrogen-bond donors (Lipinski definition) is 3. The minimum absolute atomic E-state index is 0.101. The van der Waals surface area contributed by atoms with Crippen molar-refractivity contribution in [1.29, 1.82) is 0 Å². The highest BCUT2D eigenvalue weighted by atomic mass is 16.5. The molecule has 2 aliphatic rings. The van der Waals surface area contributed by atoms with Crippen LogP contribution in [0.25, 0.3) is 0 Å². The largest absolute Gasteiger partial charge is 0.468 e. The van der Waals surface area contributed by atoms with Gasteiger partial charge in [-0.1, -0.05) is 0 Å². The molecule has 5 N–H and O–H groups in total. The molecule has 1 atom stereocenters. The second-order valence-electron chi connectivity index (χ2n) is 6.88. The number of ether oxygens (including phenoxy) is 1. The lowest BCUT2D eigenvalue weighted by Crippen LogP contribution is -2.39. The van der Waals surface area contributed by atoms with E-state index >= 15 is 0 Å². The number of fused-ring (bicyclic) bond motifs is 1. The van der Waals surface area contributed by atoms with Crippen LogP contribution in [-0.4, -0.2) is 56.0 Å². The highest BCUT2D eigenvalue weighted by Crippen LogP contribution is 2.41. The number of likely N-dealkylation sites (tertiary alicyclic amines) is 1. The maximum absolute atomic E-state index is 12.5. The van der Waals surface area contributed by atoms with E-state index in [0.29, 0.717) is 56.5 Å². The lowest BCUT2D eigenvalue weighted by atomic mass is 9.97. The number of rotatable bonds is 5. The first-order valence-electron chi connectivity index (χ1n) is 8.94. The van der Waals surface area contributed by atoms with Gasteiger partial charge in [-0.3, -0.25) is 4.79 Å². The Labute approximate surface area is 156 Å². The monoisotopic (exact) mass is 370 g/mol. The minimum atomic E-state index is -0.468. The summed E-state index contributed by atoms with van der Waals surface area (Å²) >= 11 is 0. The van der Waals surface area contributed by atoms with Crippen molar-refractivity contribution in [2.24, 2.45) is 0 Å². The van der Waals surface area contributed by atoms with E-state index in [1.165, 1.54) is 0 Å². The van der Waals surface area contributed by atoms with Crippen LogP contribution in [0.4, 0.5) is 17.7 Å². The van der Waals surface area contributed by atoms with Crippen LogP contribution in [0.3, 0.4) is 0 Å². The molecule has 0 aliphatic carbocycles. The lowest BCUT2D eigenvalue weighted by molar-refractivity contribution is -0.130. The second kappa shape index (κ2) is 6.86. The van der Waals surface area contributed by atoms with Crippen LogP contribution in [0.2, 0.25) is 0 Å². The maximum Gasteiger partial charge on any atom is 0.225 e. The van der Waals surface area contributed by atoms with Crippen LogP contribution in [0.1, 0.15) is 24.8 Å². The molecule has 10 heteroatoms. The van der Waals surface area contributed by atoms with Crippen molar-refractivity contribution in [2.75, 3.05) is 36.4 Å². The maximum atomic E-state index is 12.5. The molecule has 2 aliphatic heterocycles. The zero-order valence-electron chi connectivity index (χ0n) is 14.9. The van der Waals surface area contributed by atoms with Gasteiger partial charge in [-0.25, -0.2) is 9.97 Å². The van der Waals surface area contributed by atoms with E-state index in [4.69, 9.17) is 16.2 Å². The van der Waals surface area contributed by atoms with Crippen molar-refractivity contribution in [3.63, 3.8) is 0 Å². The molecule has 1 spiro atoms. The third-order valence-electron chi connectivity index (χ3n) is 4.92. The average molecular weight is 370 g/mol. The number of hydrogen-bond acceptors (Lipinski definition) is 9. The molecule has 142 valence electrons. The van der Waals surface area contributed by atoms with Gasteiger partial charge in [0.05, 0.1) is 12.1 Å². The van der Waals surface area contributed by atoms with E-state index in [2.05, 4.69) is 25.3 Å². The van der Waals surface area contributed by atoms with E-state index in [1.807, 2.05) is 4.90 Å². The van der Waals surface area contributed by atoms with E-state index in [1.54, 1.807) is 18.5 Å². The Kier molecular flexibility index (Phi) is 4.38. The van der Waals surface area contributed by atoms with E-state index in [0.717, 1.165) is 12.0 Å². The zero-order valence-corrected chi connectivity index (χ0v) is 14.9. The van der Waals surface area contributed by atoms with E-state index in [9.17, 15) is 4.79 Å². The lowest BCUT2D eigenvalue weighted by Gasteiger charge is -2.23. The van der Waals surface area contributed by atoms with Crippen LogP contribution in [-0.2, 0) is 11.2 Å². The number of anilines is 3. The van der Waals surface area contributed by atoms with Crippen molar-refractivity contribution < 1.29 is 9.53 Å². The normalized spacial score (nSPS) is 20.5. The van der Waals surface area contributed by atoms with Crippen LogP contribution in [0, 0.1) is 0 Å². The third-order valence-corrected chi connectivity index (χ3v) is 4.92. The van der Waals surface area contributed by atoms with Gasteiger partial charge < -0.3 is 26.4 Å². The summed E-state index contributed by atoms with van der Waals surface area (Å²) in [5.74, 6) is 1.58. The highest BCUT2D eigenvalue weighted by Gasteiger charge is 2.47. The smallest absolute Gasteiger partial charge is 0.225 e. The zero-order chi connectivity index (χ0) is 18.9. The second-order valence-corrected chi connectivity index (χ2v) is 6.88. The van der Waals surface area contributed by atoms with Crippen molar-refractivity contribution >= 4 is 23.6 Å². The Morgan fingerprint density at radius 2 is 2.11 bits per heavy atom. The number of nitrogen functional groups attached to an aromatic ring is 2. The van der Waals surface area contributed by atoms with Crippen molar-refractivity contribution in [2.45, 2.75) is 31.3 Å². The SMILES string of the molecule is Nc1nc(N)c2c(n1)OC1(CCN(C(=O)CCCNc3ncccn3)C1)C2. The van der Waals surface area contributed by atoms with Crippen LogP contribution < -0.4 is 21.5 Å². The van der Waals surface area contributed by atoms with Crippen molar-refractivity contribution in [3.05, 3.63) is 24.0 Å². The van der Waals surface area contributed by atoms with Crippen LogP contribution in [0.15, 0.2) is 18.5 Å². The van der Waals surface area contributed by atoms with Gasteiger partial charge in [0.15, 0.2) is 0 Å². The number of amides is 1. The number of carbonyl (C=O) groups excluding carboxylic acids is 1. The van der Waals surface area contributed by atoms with Crippen molar-refractivity contribution in [3.8, 4) is 5.88 Å². The summed E-state index contributed by atoms with van der Waals surface area (Å²) in [7, 11) is 0. The summed E-state index contributed by atoms with van der Waals surface area (Å²) in [5.41, 5.74) is 11.9. The molecule has 2 aromatic heterocycles. The van der Waals surface area contributed by atoms with Crippen molar-refractivity contribution in [1.82, 2.24) is 24.8 Å². The number of nitrogens with one attached hydrogen (secondary N) is 1. The summed E-state index contributed by atoms with van der Waals surface area (Å²) in [6.45, 7) is 1.82. The Hall–Kier alpha value is -3.17. The fraction of sp³-hybridized carbons (Fsp3) is 0.471. The molecule has 4 heterocycles. The van der Waals surface area contributed by atoms with Gasteiger partial charge in [-0.05, 0) is 12.5 Å². The summed E-state index contributed by atoms with van der Waals surface area (Å²) in [6, 6.07) is 1.76.